The molecule has 0 N–H and O–H groups in total. The van der Waals surface area contributed by atoms with Gasteiger partial charge in [0.05, 0.1) is 10.6 Å². The second-order valence-electron chi connectivity index (χ2n) is 6.22. The van der Waals surface area contributed by atoms with Crippen LogP contribution in [-0.4, -0.2) is 67.5 Å². The van der Waals surface area contributed by atoms with Crippen molar-refractivity contribution in [3.05, 3.63) is 35.5 Å². The number of sulfone groups is 1. The summed E-state index contributed by atoms with van der Waals surface area (Å²) in [5.41, 5.74) is 0. The first kappa shape index (κ1) is 18.9. The van der Waals surface area contributed by atoms with Crippen molar-refractivity contribution in [2.75, 3.05) is 43.4 Å². The van der Waals surface area contributed by atoms with Crippen molar-refractivity contribution < 1.29 is 13.2 Å². The van der Waals surface area contributed by atoms with Crippen molar-refractivity contribution in [1.82, 2.24) is 14.9 Å². The number of thiophene rings is 1. The van der Waals surface area contributed by atoms with E-state index in [2.05, 4.69) is 19.8 Å². The van der Waals surface area contributed by atoms with Crippen LogP contribution in [-0.2, 0) is 9.84 Å². The monoisotopic (exact) mass is 394 g/mol. The summed E-state index contributed by atoms with van der Waals surface area (Å²) in [6.07, 6.45) is 4.06. The maximum absolute atomic E-state index is 12.4. The highest BCUT2D eigenvalue weighted by Gasteiger charge is 2.21. The van der Waals surface area contributed by atoms with Gasteiger partial charge in [-0.3, -0.25) is 9.69 Å². The average molecular weight is 395 g/mol. The molecular weight excluding hydrogens is 372 g/mol. The molecule has 2 aromatic rings. The Hall–Kier alpha value is -1.84. The number of carbonyl (C=O) groups excluding carboxylic acids is 1. The van der Waals surface area contributed by atoms with Gasteiger partial charge in [0.25, 0.3) is 0 Å². The van der Waals surface area contributed by atoms with Crippen molar-refractivity contribution in [1.29, 1.82) is 0 Å². The summed E-state index contributed by atoms with van der Waals surface area (Å²) in [6.45, 7) is 5.60. The molecule has 1 aliphatic rings. The first-order valence-corrected chi connectivity index (χ1v) is 11.0. The summed E-state index contributed by atoms with van der Waals surface area (Å²) < 4.78 is 25.1. The van der Waals surface area contributed by atoms with Crippen LogP contribution in [0.3, 0.4) is 0 Å². The zero-order chi connectivity index (χ0) is 18.6. The smallest absolute Gasteiger partial charge is 0.225 e. The molecule has 0 aliphatic carbocycles. The summed E-state index contributed by atoms with van der Waals surface area (Å²) in [6, 6.07) is 4.92. The Morgan fingerprint density at radius 1 is 1.15 bits per heavy atom. The molecule has 0 radical (unpaired) electrons. The predicted octanol–water partition coefficient (Wildman–Crippen LogP) is 1.73. The van der Waals surface area contributed by atoms with E-state index >= 15 is 0 Å². The molecule has 0 amide bonds. The number of rotatable bonds is 7. The largest absolute Gasteiger partial charge is 0.338 e. The van der Waals surface area contributed by atoms with Crippen molar-refractivity contribution in [3.63, 3.8) is 0 Å². The number of aromatic nitrogens is 2. The van der Waals surface area contributed by atoms with Gasteiger partial charge in [-0.15, -0.1) is 11.3 Å². The highest BCUT2D eigenvalue weighted by atomic mass is 32.2. The molecule has 9 heteroatoms. The zero-order valence-electron chi connectivity index (χ0n) is 14.7. The molecule has 3 heterocycles. The molecule has 0 saturated carbocycles. The number of Topliss-reactive ketones (excluding diaryl/α,β-unsaturated/α-hetero) is 1. The lowest BCUT2D eigenvalue weighted by atomic mass is 10.3. The fourth-order valence-electron chi connectivity index (χ4n) is 2.88. The van der Waals surface area contributed by atoms with E-state index in [1.54, 1.807) is 24.5 Å². The molecule has 1 fully saturated rings. The van der Waals surface area contributed by atoms with Crippen molar-refractivity contribution >= 4 is 32.9 Å². The van der Waals surface area contributed by atoms with Gasteiger partial charge < -0.3 is 4.90 Å². The highest BCUT2D eigenvalue weighted by Crippen LogP contribution is 2.23. The first-order valence-electron chi connectivity index (χ1n) is 8.53. The van der Waals surface area contributed by atoms with Gasteiger partial charge >= 0.3 is 0 Å². The van der Waals surface area contributed by atoms with E-state index in [4.69, 9.17) is 0 Å². The van der Waals surface area contributed by atoms with Gasteiger partial charge in [-0.25, -0.2) is 18.4 Å². The van der Waals surface area contributed by atoms with Crippen LogP contribution in [0.25, 0.3) is 0 Å². The molecule has 0 aromatic carbocycles. The van der Waals surface area contributed by atoms with Gasteiger partial charge in [-0.05, 0) is 38.1 Å². The van der Waals surface area contributed by atoms with Crippen LogP contribution >= 0.6 is 11.3 Å². The van der Waals surface area contributed by atoms with E-state index in [0.717, 1.165) is 50.0 Å². The number of ketones is 1. The van der Waals surface area contributed by atoms with Gasteiger partial charge in [-0.1, -0.05) is 0 Å². The van der Waals surface area contributed by atoms with Crippen LogP contribution in [0, 0.1) is 0 Å². The zero-order valence-corrected chi connectivity index (χ0v) is 16.3. The molecule has 1 aliphatic heterocycles. The van der Waals surface area contributed by atoms with Gasteiger partial charge in [0.15, 0.2) is 15.6 Å². The Morgan fingerprint density at radius 2 is 1.85 bits per heavy atom. The summed E-state index contributed by atoms with van der Waals surface area (Å²) in [5.74, 6) is 0.748. The lowest BCUT2D eigenvalue weighted by Crippen LogP contribution is -2.47. The Balaban J connectivity index is 1.46. The Labute approximate surface area is 157 Å². The fraction of sp³-hybridized carbons (Fsp3) is 0.471. The third-order valence-corrected chi connectivity index (χ3v) is 7.90. The summed E-state index contributed by atoms with van der Waals surface area (Å²) in [5, 5.41) is 0. The van der Waals surface area contributed by atoms with Gasteiger partial charge in [-0.2, -0.15) is 0 Å². The van der Waals surface area contributed by atoms with Gasteiger partial charge in [0.1, 0.15) is 4.21 Å². The van der Waals surface area contributed by atoms with E-state index in [1.165, 1.54) is 13.0 Å². The SMILES string of the molecule is CC(=O)c1ccc(S(=O)(=O)CCCN2CCN(c3ncccn3)CC2)s1. The summed E-state index contributed by atoms with van der Waals surface area (Å²) >= 11 is 1.06. The second kappa shape index (κ2) is 8.24. The normalized spacial score (nSPS) is 16.0. The standard InChI is InChI=1S/C17H22N4O3S2/c1-14(22)15-4-5-16(25-15)26(23,24)13-3-8-20-9-11-21(12-10-20)17-18-6-2-7-19-17/h2,4-7H,3,8-13H2,1H3. The van der Waals surface area contributed by atoms with E-state index in [-0.39, 0.29) is 15.7 Å². The number of hydrogen-bond donors (Lipinski definition) is 0. The molecule has 0 spiro atoms. The molecule has 3 rings (SSSR count). The van der Waals surface area contributed by atoms with Crippen LogP contribution in [0.1, 0.15) is 23.0 Å². The minimum atomic E-state index is -3.32. The lowest BCUT2D eigenvalue weighted by Gasteiger charge is -2.34. The maximum atomic E-state index is 12.4. The third-order valence-electron chi connectivity index (χ3n) is 4.33. The molecule has 0 atom stereocenters. The van der Waals surface area contributed by atoms with Crippen LogP contribution in [0.2, 0.25) is 0 Å². The van der Waals surface area contributed by atoms with Crippen molar-refractivity contribution in [3.8, 4) is 0 Å². The number of hydrogen-bond acceptors (Lipinski definition) is 8. The molecular formula is C17H22N4O3S2. The van der Waals surface area contributed by atoms with Crippen LogP contribution in [0.5, 0.6) is 0 Å². The molecule has 7 nitrogen and oxygen atoms in total. The Bertz CT molecular complexity index is 844. The van der Waals surface area contributed by atoms with Crippen LogP contribution in [0.4, 0.5) is 5.95 Å². The molecule has 0 bridgehead atoms. The van der Waals surface area contributed by atoms with E-state index < -0.39 is 9.84 Å². The minimum Gasteiger partial charge on any atom is -0.338 e. The van der Waals surface area contributed by atoms with Crippen molar-refractivity contribution in [2.24, 2.45) is 0 Å². The quantitative estimate of drug-likeness (QED) is 0.661. The summed E-state index contributed by atoms with van der Waals surface area (Å²) in [7, 11) is -3.32. The maximum Gasteiger partial charge on any atom is 0.225 e. The first-order chi connectivity index (χ1) is 12.5. The average Bonchev–Trinajstić information content (AvgIpc) is 3.14. The Morgan fingerprint density at radius 3 is 2.46 bits per heavy atom. The van der Waals surface area contributed by atoms with Crippen LogP contribution < -0.4 is 4.90 Å². The van der Waals surface area contributed by atoms with E-state index in [1.807, 2.05) is 0 Å². The van der Waals surface area contributed by atoms with E-state index in [0.29, 0.717) is 11.3 Å². The number of anilines is 1. The minimum absolute atomic E-state index is 0.100. The van der Waals surface area contributed by atoms with Gasteiger partial charge in [0.2, 0.25) is 5.95 Å². The molecule has 1 saturated heterocycles. The van der Waals surface area contributed by atoms with Gasteiger partial charge in [0, 0.05) is 38.6 Å². The fourth-order valence-corrected chi connectivity index (χ4v) is 5.53. The number of carbonyl (C=O) groups is 1. The number of nitrogens with zero attached hydrogens (tertiary/aromatic N) is 4. The second-order valence-corrected chi connectivity index (χ2v) is 9.64. The lowest BCUT2D eigenvalue weighted by molar-refractivity contribution is 0.102. The molecule has 2 aromatic heterocycles. The number of piperazine rings is 1. The van der Waals surface area contributed by atoms with Crippen molar-refractivity contribution in [2.45, 2.75) is 17.6 Å². The Kier molecular flexibility index (Phi) is 6.00. The summed E-state index contributed by atoms with van der Waals surface area (Å²) in [4.78, 5) is 24.8. The van der Waals surface area contributed by atoms with Crippen LogP contribution in [0.15, 0.2) is 34.8 Å². The molecule has 0 unspecified atom stereocenters. The van der Waals surface area contributed by atoms with E-state index in [9.17, 15) is 13.2 Å². The highest BCUT2D eigenvalue weighted by molar-refractivity contribution is 7.93. The topological polar surface area (TPSA) is 83.5 Å². The predicted molar refractivity (Wildman–Crippen MR) is 102 cm³/mol. The molecule has 140 valence electrons. The third kappa shape index (κ3) is 4.66. The molecule has 26 heavy (non-hydrogen) atoms.